The molecule has 19 heavy (non-hydrogen) atoms. The summed E-state index contributed by atoms with van der Waals surface area (Å²) in [7, 11) is -7.09. The minimum atomic E-state index is -3.57. The Balaban J connectivity index is 4.42. The summed E-state index contributed by atoms with van der Waals surface area (Å²) < 4.78 is 58.3. The van der Waals surface area contributed by atoms with E-state index in [9.17, 15) is 16.8 Å². The predicted octanol–water partition coefficient (Wildman–Crippen LogP) is 0.513. The van der Waals surface area contributed by atoms with Gasteiger partial charge in [0.05, 0.1) is 37.4 Å². The summed E-state index contributed by atoms with van der Waals surface area (Å²) in [5.74, 6) is 0. The molecule has 0 spiro atoms. The van der Waals surface area contributed by atoms with E-state index in [0.29, 0.717) is 0 Å². The highest BCUT2D eigenvalue weighted by Gasteiger charge is 2.21. The van der Waals surface area contributed by atoms with Gasteiger partial charge in [0.1, 0.15) is 0 Å². The first kappa shape index (κ1) is 18.8. The van der Waals surface area contributed by atoms with Gasteiger partial charge in [-0.05, 0) is 20.8 Å². The van der Waals surface area contributed by atoms with E-state index in [1.165, 1.54) is 0 Å². The van der Waals surface area contributed by atoms with Gasteiger partial charge < -0.3 is 4.74 Å². The minimum Gasteiger partial charge on any atom is -0.370 e. The Bertz CT molecular complexity index is 459. The zero-order chi connectivity index (χ0) is 15.3. The molecule has 0 N–H and O–H groups in total. The topological polar surface area (TPSA) is 96.0 Å². The van der Waals surface area contributed by atoms with Crippen LogP contribution in [0.4, 0.5) is 0 Å². The SMILES string of the molecule is CC(C)(C)O[C@@H](CCOS(C)(=O)=O)COS(C)(=O)=O. The maximum Gasteiger partial charge on any atom is 0.264 e. The van der Waals surface area contributed by atoms with Crippen LogP contribution in [0.3, 0.4) is 0 Å². The maximum absolute atomic E-state index is 10.9. The van der Waals surface area contributed by atoms with Crippen LogP contribution in [-0.4, -0.2) is 54.3 Å². The summed E-state index contributed by atoms with van der Waals surface area (Å²) in [5, 5.41) is 0. The minimum absolute atomic E-state index is 0.0906. The summed E-state index contributed by atoms with van der Waals surface area (Å²) in [4.78, 5) is 0. The molecule has 0 unspecified atom stereocenters. The molecule has 7 nitrogen and oxygen atoms in total. The predicted molar refractivity (Wildman–Crippen MR) is 70.8 cm³/mol. The molecule has 0 bridgehead atoms. The Kier molecular flexibility index (Phi) is 6.90. The van der Waals surface area contributed by atoms with Crippen LogP contribution in [0.25, 0.3) is 0 Å². The van der Waals surface area contributed by atoms with E-state index in [2.05, 4.69) is 8.37 Å². The lowest BCUT2D eigenvalue weighted by molar-refractivity contribution is -0.0812. The fourth-order valence-electron chi connectivity index (χ4n) is 1.21. The van der Waals surface area contributed by atoms with Gasteiger partial charge in [-0.15, -0.1) is 0 Å². The van der Waals surface area contributed by atoms with Gasteiger partial charge in [0.2, 0.25) is 0 Å². The molecule has 0 aromatic rings. The Hall–Kier alpha value is -0.220. The lowest BCUT2D eigenvalue weighted by atomic mass is 10.1. The Morgan fingerprint density at radius 1 is 0.947 bits per heavy atom. The van der Waals surface area contributed by atoms with Gasteiger partial charge in [-0.3, -0.25) is 8.37 Å². The summed E-state index contributed by atoms with van der Waals surface area (Å²) in [6.07, 6.45) is 1.52. The third kappa shape index (κ3) is 14.0. The van der Waals surface area contributed by atoms with Crippen molar-refractivity contribution in [1.29, 1.82) is 0 Å². The Morgan fingerprint density at radius 2 is 1.42 bits per heavy atom. The van der Waals surface area contributed by atoms with Gasteiger partial charge in [0.25, 0.3) is 20.2 Å². The van der Waals surface area contributed by atoms with Gasteiger partial charge in [0, 0.05) is 6.42 Å². The van der Waals surface area contributed by atoms with E-state index in [1.807, 2.05) is 0 Å². The van der Waals surface area contributed by atoms with Crippen molar-refractivity contribution in [2.45, 2.75) is 38.9 Å². The molecule has 0 rings (SSSR count). The van der Waals surface area contributed by atoms with E-state index in [4.69, 9.17) is 4.74 Å². The second kappa shape index (κ2) is 6.98. The van der Waals surface area contributed by atoms with Gasteiger partial charge in [-0.1, -0.05) is 0 Å². The number of hydrogen-bond acceptors (Lipinski definition) is 7. The monoisotopic (exact) mass is 318 g/mol. The molecule has 0 aromatic heterocycles. The van der Waals surface area contributed by atoms with Crippen molar-refractivity contribution in [2.75, 3.05) is 25.7 Å². The van der Waals surface area contributed by atoms with Crippen LogP contribution in [0.2, 0.25) is 0 Å². The largest absolute Gasteiger partial charge is 0.370 e. The molecule has 0 saturated carbocycles. The standard InChI is InChI=1S/C10H22O7S2/c1-10(2,3)17-9(8-16-19(5,13)14)6-7-15-18(4,11)12/h9H,6-8H2,1-5H3/t9-/m0/s1. The van der Waals surface area contributed by atoms with Crippen molar-refractivity contribution in [1.82, 2.24) is 0 Å². The highest BCUT2D eigenvalue weighted by molar-refractivity contribution is 7.86. The first-order chi connectivity index (χ1) is 8.29. The van der Waals surface area contributed by atoms with E-state index in [-0.39, 0.29) is 19.6 Å². The average molecular weight is 318 g/mol. The molecule has 1 atom stereocenters. The second-order valence-corrected chi connectivity index (χ2v) is 8.44. The molecule has 0 aromatic carbocycles. The zero-order valence-electron chi connectivity index (χ0n) is 11.9. The number of hydrogen-bond donors (Lipinski definition) is 0. The van der Waals surface area contributed by atoms with Crippen molar-refractivity contribution in [2.24, 2.45) is 0 Å². The fraction of sp³-hybridized carbons (Fsp3) is 1.00. The van der Waals surface area contributed by atoms with Crippen LogP contribution < -0.4 is 0 Å². The molecule has 0 amide bonds. The van der Waals surface area contributed by atoms with Crippen molar-refractivity contribution < 1.29 is 29.9 Å². The van der Waals surface area contributed by atoms with Crippen molar-refractivity contribution in [3.05, 3.63) is 0 Å². The lowest BCUT2D eigenvalue weighted by Gasteiger charge is -2.27. The van der Waals surface area contributed by atoms with Gasteiger partial charge in [-0.2, -0.15) is 16.8 Å². The maximum atomic E-state index is 10.9. The summed E-state index contributed by atoms with van der Waals surface area (Å²) >= 11 is 0. The van der Waals surface area contributed by atoms with E-state index in [0.717, 1.165) is 12.5 Å². The average Bonchev–Trinajstić information content (AvgIpc) is 2.08. The summed E-state index contributed by atoms with van der Waals surface area (Å²) in [6, 6.07) is 0. The summed E-state index contributed by atoms with van der Waals surface area (Å²) in [6.45, 7) is 5.14. The van der Waals surface area contributed by atoms with E-state index >= 15 is 0 Å². The fourth-order valence-corrected chi connectivity index (χ4v) is 2.00. The summed E-state index contributed by atoms with van der Waals surface area (Å²) in [5.41, 5.74) is -0.503. The normalized spacial score (nSPS) is 15.4. The Morgan fingerprint density at radius 3 is 1.79 bits per heavy atom. The van der Waals surface area contributed by atoms with Gasteiger partial charge >= 0.3 is 0 Å². The lowest BCUT2D eigenvalue weighted by Crippen LogP contribution is -2.32. The first-order valence-corrected chi connectivity index (χ1v) is 9.28. The van der Waals surface area contributed by atoms with Gasteiger partial charge in [-0.25, -0.2) is 0 Å². The quantitative estimate of drug-likeness (QED) is 0.602. The Labute approximate surface area is 115 Å². The van der Waals surface area contributed by atoms with Crippen LogP contribution in [0, 0.1) is 0 Å². The van der Waals surface area contributed by atoms with E-state index < -0.39 is 31.9 Å². The van der Waals surface area contributed by atoms with Crippen LogP contribution in [-0.2, 0) is 33.3 Å². The molecule has 9 heteroatoms. The van der Waals surface area contributed by atoms with Crippen LogP contribution in [0.1, 0.15) is 27.2 Å². The van der Waals surface area contributed by atoms with Crippen LogP contribution >= 0.6 is 0 Å². The highest BCUT2D eigenvalue weighted by atomic mass is 32.2. The van der Waals surface area contributed by atoms with E-state index in [1.54, 1.807) is 20.8 Å². The first-order valence-electron chi connectivity index (χ1n) is 5.65. The third-order valence-electron chi connectivity index (χ3n) is 1.73. The molecular weight excluding hydrogens is 296 g/mol. The molecule has 0 saturated heterocycles. The third-order valence-corrected chi connectivity index (χ3v) is 2.88. The second-order valence-electron chi connectivity index (χ2n) is 5.16. The van der Waals surface area contributed by atoms with Gasteiger partial charge in [0.15, 0.2) is 0 Å². The molecular formula is C10H22O7S2. The zero-order valence-corrected chi connectivity index (χ0v) is 13.5. The van der Waals surface area contributed by atoms with Crippen molar-refractivity contribution >= 4 is 20.2 Å². The molecule has 0 aliphatic heterocycles. The molecule has 0 aliphatic rings. The smallest absolute Gasteiger partial charge is 0.264 e. The number of ether oxygens (including phenoxy) is 1. The molecule has 0 radical (unpaired) electrons. The van der Waals surface area contributed by atoms with Crippen LogP contribution in [0.5, 0.6) is 0 Å². The molecule has 0 aliphatic carbocycles. The van der Waals surface area contributed by atoms with Crippen LogP contribution in [0.15, 0.2) is 0 Å². The molecule has 0 heterocycles. The number of rotatable bonds is 8. The van der Waals surface area contributed by atoms with Crippen molar-refractivity contribution in [3.63, 3.8) is 0 Å². The van der Waals surface area contributed by atoms with Crippen molar-refractivity contribution in [3.8, 4) is 0 Å². The highest BCUT2D eigenvalue weighted by Crippen LogP contribution is 2.14. The molecule has 0 fully saturated rings. The molecule has 116 valence electrons.